The Hall–Kier alpha value is -3.20. The highest BCUT2D eigenvalue weighted by atomic mass is 16.6. The SMILES string of the molecule is CCOC(=O)C1=CN(CCOC)C=C(C(=O)OCC)C1c1ccc([N+](=O)[O-])cc1. The second-order valence-corrected chi connectivity index (χ2v) is 6.12. The van der Waals surface area contributed by atoms with Gasteiger partial charge in [0.2, 0.25) is 0 Å². The number of nitro groups is 1. The van der Waals surface area contributed by atoms with E-state index < -0.39 is 22.8 Å². The van der Waals surface area contributed by atoms with Crippen LogP contribution in [0.5, 0.6) is 0 Å². The summed E-state index contributed by atoms with van der Waals surface area (Å²) < 4.78 is 15.4. The molecule has 156 valence electrons. The average Bonchev–Trinajstić information content (AvgIpc) is 2.72. The molecular formula is C20H24N2O7. The van der Waals surface area contributed by atoms with Gasteiger partial charge in [0.05, 0.1) is 41.8 Å². The molecule has 1 aliphatic heterocycles. The predicted molar refractivity (Wildman–Crippen MR) is 104 cm³/mol. The van der Waals surface area contributed by atoms with Gasteiger partial charge in [0, 0.05) is 38.2 Å². The molecule has 1 aromatic rings. The molecule has 1 heterocycles. The van der Waals surface area contributed by atoms with Crippen molar-refractivity contribution in [2.75, 3.05) is 33.5 Å². The third kappa shape index (κ3) is 5.41. The van der Waals surface area contributed by atoms with Gasteiger partial charge in [-0.25, -0.2) is 9.59 Å². The molecule has 0 atom stereocenters. The second-order valence-electron chi connectivity index (χ2n) is 6.12. The van der Waals surface area contributed by atoms with Gasteiger partial charge in [-0.2, -0.15) is 0 Å². The number of nitrogens with zero attached hydrogens (tertiary/aromatic N) is 2. The quantitative estimate of drug-likeness (QED) is 0.351. The van der Waals surface area contributed by atoms with E-state index in [4.69, 9.17) is 14.2 Å². The lowest BCUT2D eigenvalue weighted by Gasteiger charge is -2.30. The van der Waals surface area contributed by atoms with Crippen molar-refractivity contribution in [1.82, 2.24) is 4.90 Å². The van der Waals surface area contributed by atoms with Gasteiger partial charge in [-0.15, -0.1) is 0 Å². The first-order chi connectivity index (χ1) is 13.9. The molecule has 9 nitrogen and oxygen atoms in total. The monoisotopic (exact) mass is 404 g/mol. The second kappa shape index (κ2) is 10.4. The molecule has 0 fully saturated rings. The van der Waals surface area contributed by atoms with Crippen molar-refractivity contribution in [2.45, 2.75) is 19.8 Å². The van der Waals surface area contributed by atoms with Crippen molar-refractivity contribution >= 4 is 17.6 Å². The number of rotatable bonds is 9. The highest BCUT2D eigenvalue weighted by Gasteiger charge is 2.35. The number of carbonyl (C=O) groups excluding carboxylic acids is 2. The maximum absolute atomic E-state index is 12.7. The zero-order chi connectivity index (χ0) is 21.4. The van der Waals surface area contributed by atoms with Crippen LogP contribution in [-0.2, 0) is 23.8 Å². The molecule has 0 amide bonds. The molecule has 9 heteroatoms. The van der Waals surface area contributed by atoms with Gasteiger partial charge in [0.1, 0.15) is 0 Å². The summed E-state index contributed by atoms with van der Waals surface area (Å²) in [6, 6.07) is 5.71. The van der Waals surface area contributed by atoms with Crippen LogP contribution < -0.4 is 0 Å². The molecule has 0 spiro atoms. The van der Waals surface area contributed by atoms with Crippen molar-refractivity contribution < 1.29 is 28.7 Å². The number of non-ortho nitro benzene ring substituents is 1. The maximum atomic E-state index is 12.7. The summed E-state index contributed by atoms with van der Waals surface area (Å²) in [7, 11) is 1.55. The first kappa shape index (κ1) is 22.1. The topological polar surface area (TPSA) is 108 Å². The molecule has 0 N–H and O–H groups in total. The van der Waals surface area contributed by atoms with Crippen molar-refractivity contribution in [2.24, 2.45) is 0 Å². The van der Waals surface area contributed by atoms with E-state index in [0.29, 0.717) is 18.7 Å². The molecule has 0 bridgehead atoms. The maximum Gasteiger partial charge on any atom is 0.336 e. The van der Waals surface area contributed by atoms with Gasteiger partial charge in [-0.05, 0) is 19.4 Å². The molecule has 1 aliphatic rings. The zero-order valence-electron chi connectivity index (χ0n) is 16.6. The average molecular weight is 404 g/mol. The minimum absolute atomic E-state index is 0.0883. The number of nitro benzene ring substituents is 1. The van der Waals surface area contributed by atoms with Gasteiger partial charge in [-0.3, -0.25) is 10.1 Å². The van der Waals surface area contributed by atoms with E-state index in [1.807, 2.05) is 0 Å². The van der Waals surface area contributed by atoms with Crippen molar-refractivity contribution in [3.05, 3.63) is 63.5 Å². The Bertz CT molecular complexity index is 779. The van der Waals surface area contributed by atoms with Gasteiger partial charge in [-0.1, -0.05) is 12.1 Å². The van der Waals surface area contributed by atoms with Crippen LogP contribution in [0.2, 0.25) is 0 Å². The standard InChI is InChI=1S/C20H24N2O7/c1-4-28-19(23)16-12-21(10-11-27-3)13-17(20(24)29-5-2)18(16)14-6-8-15(9-7-14)22(25)26/h6-9,12-13,18H,4-5,10-11H2,1-3H3. The van der Waals surface area contributed by atoms with E-state index in [0.717, 1.165) is 0 Å². The van der Waals surface area contributed by atoms with Crippen LogP contribution in [0.1, 0.15) is 25.3 Å². The summed E-state index contributed by atoms with van der Waals surface area (Å²) in [6.45, 7) is 4.50. The number of carbonyl (C=O) groups is 2. The Balaban J connectivity index is 2.54. The van der Waals surface area contributed by atoms with Crippen LogP contribution in [0.15, 0.2) is 47.8 Å². The zero-order valence-corrected chi connectivity index (χ0v) is 16.6. The number of hydrogen-bond acceptors (Lipinski definition) is 8. The minimum atomic E-state index is -0.771. The highest BCUT2D eigenvalue weighted by molar-refractivity contribution is 5.98. The minimum Gasteiger partial charge on any atom is -0.463 e. The number of esters is 2. The first-order valence-corrected chi connectivity index (χ1v) is 9.19. The molecule has 0 saturated carbocycles. The van der Waals surface area contributed by atoms with Crippen molar-refractivity contribution in [1.29, 1.82) is 0 Å². The molecule has 0 saturated heterocycles. The molecule has 0 aliphatic carbocycles. The van der Waals surface area contributed by atoms with Crippen molar-refractivity contribution in [3.63, 3.8) is 0 Å². The summed E-state index contributed by atoms with van der Waals surface area (Å²) in [5.41, 5.74) is 0.930. The predicted octanol–water partition coefficient (Wildman–Crippen LogP) is 2.53. The molecule has 1 aromatic carbocycles. The van der Waals surface area contributed by atoms with Crippen molar-refractivity contribution in [3.8, 4) is 0 Å². The molecule has 0 aromatic heterocycles. The largest absolute Gasteiger partial charge is 0.463 e. The van der Waals surface area contributed by atoms with E-state index >= 15 is 0 Å². The molecule has 2 rings (SSSR count). The van der Waals surface area contributed by atoms with Crippen LogP contribution in [0, 0.1) is 10.1 Å². The Morgan fingerprint density at radius 3 is 1.97 bits per heavy atom. The Morgan fingerprint density at radius 1 is 1.03 bits per heavy atom. The van der Waals surface area contributed by atoms with Crippen LogP contribution >= 0.6 is 0 Å². The molecule has 29 heavy (non-hydrogen) atoms. The van der Waals surface area contributed by atoms with E-state index in [1.54, 1.807) is 38.3 Å². The third-order valence-corrected chi connectivity index (χ3v) is 4.24. The van der Waals surface area contributed by atoms with Crippen LogP contribution in [0.4, 0.5) is 5.69 Å². The van der Waals surface area contributed by atoms with Gasteiger partial charge in [0.15, 0.2) is 0 Å². The van der Waals surface area contributed by atoms with Crippen LogP contribution in [0.25, 0.3) is 0 Å². The lowest BCUT2D eigenvalue weighted by molar-refractivity contribution is -0.384. The summed E-state index contributed by atoms with van der Waals surface area (Å²) in [5.74, 6) is -1.92. The van der Waals surface area contributed by atoms with Gasteiger partial charge >= 0.3 is 11.9 Å². The Kier molecular flexibility index (Phi) is 7.90. The van der Waals surface area contributed by atoms with Gasteiger partial charge in [0.25, 0.3) is 5.69 Å². The molecular weight excluding hydrogens is 380 g/mol. The summed E-state index contributed by atoms with van der Waals surface area (Å²) in [4.78, 5) is 37.5. The summed E-state index contributed by atoms with van der Waals surface area (Å²) >= 11 is 0. The van der Waals surface area contributed by atoms with Gasteiger partial charge < -0.3 is 19.1 Å². The van der Waals surface area contributed by atoms with E-state index in [-0.39, 0.29) is 30.0 Å². The third-order valence-electron chi connectivity index (χ3n) is 4.24. The van der Waals surface area contributed by atoms with Crippen LogP contribution in [-0.4, -0.2) is 55.2 Å². The normalized spacial score (nSPS) is 14.1. The molecule has 0 radical (unpaired) electrons. The number of methoxy groups -OCH3 is 1. The fourth-order valence-corrected chi connectivity index (χ4v) is 2.95. The fourth-order valence-electron chi connectivity index (χ4n) is 2.95. The van der Waals surface area contributed by atoms with E-state index in [2.05, 4.69) is 0 Å². The van der Waals surface area contributed by atoms with E-state index in [1.165, 1.54) is 24.3 Å². The lowest BCUT2D eigenvalue weighted by atomic mass is 9.83. The fraction of sp³-hybridized carbons (Fsp3) is 0.400. The number of hydrogen-bond donors (Lipinski definition) is 0. The Morgan fingerprint density at radius 2 is 1.55 bits per heavy atom. The molecule has 0 unspecified atom stereocenters. The number of ether oxygens (including phenoxy) is 3. The first-order valence-electron chi connectivity index (χ1n) is 9.19. The smallest absolute Gasteiger partial charge is 0.336 e. The van der Waals surface area contributed by atoms with Crippen LogP contribution in [0.3, 0.4) is 0 Å². The highest BCUT2D eigenvalue weighted by Crippen LogP contribution is 2.37. The summed E-state index contributed by atoms with van der Waals surface area (Å²) in [5, 5.41) is 11.0. The number of benzene rings is 1. The Labute approximate surface area is 168 Å². The summed E-state index contributed by atoms with van der Waals surface area (Å²) in [6.07, 6.45) is 3.21. The lowest BCUT2D eigenvalue weighted by Crippen LogP contribution is -2.30. The van der Waals surface area contributed by atoms with E-state index in [9.17, 15) is 19.7 Å².